The molecule has 4 nitrogen and oxygen atoms in total. The van der Waals surface area contributed by atoms with Gasteiger partial charge in [-0.15, -0.1) is 0 Å². The highest BCUT2D eigenvalue weighted by Gasteiger charge is 2.08. The molecule has 1 heterocycles. The maximum Gasteiger partial charge on any atom is 0.258 e. The van der Waals surface area contributed by atoms with Crippen LogP contribution in [-0.2, 0) is 0 Å². The lowest BCUT2D eigenvalue weighted by Crippen LogP contribution is -2.10. The zero-order chi connectivity index (χ0) is 12.3. The van der Waals surface area contributed by atoms with Gasteiger partial charge < -0.3 is 14.5 Å². The molecule has 0 saturated heterocycles. The fourth-order valence-electron chi connectivity index (χ4n) is 1.34. The molecule has 1 aromatic heterocycles. The Labute approximate surface area is 103 Å². The van der Waals surface area contributed by atoms with E-state index >= 15 is 0 Å². The summed E-state index contributed by atoms with van der Waals surface area (Å²) in [6.45, 7) is 0. The van der Waals surface area contributed by atoms with Gasteiger partial charge in [0.05, 0.1) is 24.0 Å². The predicted molar refractivity (Wildman–Crippen MR) is 64.7 cm³/mol. The standard InChI is InChI=1S/C12H10ClNO3/c1-16-11-3-2-9(6-10(11)13)14-12(15)8-4-5-17-7-8/h2-7H,1H3,(H,14,15). The molecule has 1 amide bonds. The second-order valence-corrected chi connectivity index (χ2v) is 3.72. The predicted octanol–water partition coefficient (Wildman–Crippen LogP) is 3.19. The largest absolute Gasteiger partial charge is 0.495 e. The SMILES string of the molecule is COc1ccc(NC(=O)c2ccoc2)cc1Cl. The fraction of sp³-hybridized carbons (Fsp3) is 0.0833. The van der Waals surface area contributed by atoms with Crippen molar-refractivity contribution in [2.24, 2.45) is 0 Å². The summed E-state index contributed by atoms with van der Waals surface area (Å²) in [6.07, 6.45) is 2.82. The topological polar surface area (TPSA) is 51.5 Å². The number of furan rings is 1. The van der Waals surface area contributed by atoms with Crippen LogP contribution in [0.5, 0.6) is 5.75 Å². The Morgan fingerprint density at radius 3 is 2.82 bits per heavy atom. The molecule has 2 rings (SSSR count). The van der Waals surface area contributed by atoms with E-state index in [0.29, 0.717) is 22.0 Å². The Morgan fingerprint density at radius 2 is 2.24 bits per heavy atom. The minimum Gasteiger partial charge on any atom is -0.495 e. The van der Waals surface area contributed by atoms with Gasteiger partial charge in [-0.3, -0.25) is 4.79 Å². The molecule has 0 saturated carbocycles. The van der Waals surface area contributed by atoms with E-state index in [9.17, 15) is 4.79 Å². The van der Waals surface area contributed by atoms with Gasteiger partial charge in [-0.25, -0.2) is 0 Å². The first-order valence-electron chi connectivity index (χ1n) is 4.88. The lowest BCUT2D eigenvalue weighted by Gasteiger charge is -2.06. The van der Waals surface area contributed by atoms with E-state index in [2.05, 4.69) is 5.32 Å². The third kappa shape index (κ3) is 2.60. The van der Waals surface area contributed by atoms with Crippen molar-refractivity contribution in [3.63, 3.8) is 0 Å². The molecule has 1 aromatic carbocycles. The highest BCUT2D eigenvalue weighted by molar-refractivity contribution is 6.32. The molecule has 5 heteroatoms. The Balaban J connectivity index is 2.14. The first kappa shape index (κ1) is 11.5. The van der Waals surface area contributed by atoms with Gasteiger partial charge in [-0.1, -0.05) is 11.6 Å². The van der Waals surface area contributed by atoms with E-state index in [1.165, 1.54) is 19.6 Å². The summed E-state index contributed by atoms with van der Waals surface area (Å²) in [4.78, 5) is 11.7. The number of anilines is 1. The van der Waals surface area contributed by atoms with Crippen LogP contribution in [0.2, 0.25) is 5.02 Å². The van der Waals surface area contributed by atoms with E-state index in [4.69, 9.17) is 20.8 Å². The molecular weight excluding hydrogens is 242 g/mol. The van der Waals surface area contributed by atoms with Crippen molar-refractivity contribution in [1.82, 2.24) is 0 Å². The van der Waals surface area contributed by atoms with Gasteiger partial charge in [0.1, 0.15) is 12.0 Å². The Bertz CT molecular complexity index is 523. The van der Waals surface area contributed by atoms with Gasteiger partial charge in [0.2, 0.25) is 0 Å². The van der Waals surface area contributed by atoms with Crippen LogP contribution >= 0.6 is 11.6 Å². The molecular formula is C12H10ClNO3. The summed E-state index contributed by atoms with van der Waals surface area (Å²) in [6, 6.07) is 6.61. The molecule has 0 aliphatic rings. The molecule has 0 radical (unpaired) electrons. The number of hydrogen-bond donors (Lipinski definition) is 1. The number of methoxy groups -OCH3 is 1. The molecule has 0 fully saturated rings. The van der Waals surface area contributed by atoms with Crippen molar-refractivity contribution in [3.05, 3.63) is 47.4 Å². The molecule has 0 aliphatic carbocycles. The molecule has 2 aromatic rings. The minimum absolute atomic E-state index is 0.250. The number of carbonyl (C=O) groups excluding carboxylic acids is 1. The number of hydrogen-bond acceptors (Lipinski definition) is 3. The van der Waals surface area contributed by atoms with Crippen LogP contribution in [0.4, 0.5) is 5.69 Å². The maximum atomic E-state index is 11.7. The fourth-order valence-corrected chi connectivity index (χ4v) is 1.60. The maximum absolute atomic E-state index is 11.7. The summed E-state index contributed by atoms with van der Waals surface area (Å²) in [5, 5.41) is 3.14. The van der Waals surface area contributed by atoms with Crippen molar-refractivity contribution in [2.45, 2.75) is 0 Å². The lowest BCUT2D eigenvalue weighted by atomic mass is 10.2. The van der Waals surface area contributed by atoms with Gasteiger partial charge >= 0.3 is 0 Å². The van der Waals surface area contributed by atoms with Crippen molar-refractivity contribution in [1.29, 1.82) is 0 Å². The molecule has 88 valence electrons. The van der Waals surface area contributed by atoms with E-state index in [1.807, 2.05) is 0 Å². The van der Waals surface area contributed by atoms with Crippen LogP contribution in [0.1, 0.15) is 10.4 Å². The molecule has 1 N–H and O–H groups in total. The summed E-state index contributed by atoms with van der Waals surface area (Å²) in [7, 11) is 1.53. The number of ether oxygens (including phenoxy) is 1. The third-order valence-electron chi connectivity index (χ3n) is 2.19. The number of amides is 1. The molecule has 0 aliphatic heterocycles. The summed E-state index contributed by atoms with van der Waals surface area (Å²) < 4.78 is 9.84. The molecule has 0 bridgehead atoms. The third-order valence-corrected chi connectivity index (χ3v) is 2.49. The van der Waals surface area contributed by atoms with Gasteiger partial charge in [0.25, 0.3) is 5.91 Å². The number of benzene rings is 1. The second kappa shape index (κ2) is 4.93. The first-order chi connectivity index (χ1) is 8.20. The summed E-state index contributed by atoms with van der Waals surface area (Å²) in [5.74, 6) is 0.313. The Kier molecular flexibility index (Phi) is 3.35. The monoisotopic (exact) mass is 251 g/mol. The highest BCUT2D eigenvalue weighted by Crippen LogP contribution is 2.27. The molecule has 0 unspecified atom stereocenters. The lowest BCUT2D eigenvalue weighted by molar-refractivity contribution is 0.102. The Morgan fingerprint density at radius 1 is 1.41 bits per heavy atom. The van der Waals surface area contributed by atoms with Crippen LogP contribution in [-0.4, -0.2) is 13.0 Å². The van der Waals surface area contributed by atoms with E-state index in [1.54, 1.807) is 24.3 Å². The average molecular weight is 252 g/mol. The number of carbonyl (C=O) groups is 1. The van der Waals surface area contributed by atoms with Crippen LogP contribution in [0.3, 0.4) is 0 Å². The molecule has 17 heavy (non-hydrogen) atoms. The van der Waals surface area contributed by atoms with Gasteiger partial charge in [0.15, 0.2) is 0 Å². The number of halogens is 1. The average Bonchev–Trinajstić information content (AvgIpc) is 2.82. The quantitative estimate of drug-likeness (QED) is 0.911. The van der Waals surface area contributed by atoms with Gasteiger partial charge in [0, 0.05) is 5.69 Å². The van der Waals surface area contributed by atoms with Crippen molar-refractivity contribution in [2.75, 3.05) is 12.4 Å². The van der Waals surface area contributed by atoms with Crippen molar-refractivity contribution in [3.8, 4) is 5.75 Å². The smallest absolute Gasteiger partial charge is 0.258 e. The number of rotatable bonds is 3. The van der Waals surface area contributed by atoms with E-state index in [-0.39, 0.29) is 5.91 Å². The zero-order valence-corrected chi connectivity index (χ0v) is 9.82. The van der Waals surface area contributed by atoms with E-state index in [0.717, 1.165) is 0 Å². The van der Waals surface area contributed by atoms with Crippen LogP contribution in [0.25, 0.3) is 0 Å². The summed E-state index contributed by atoms with van der Waals surface area (Å²) >= 11 is 5.94. The second-order valence-electron chi connectivity index (χ2n) is 3.32. The van der Waals surface area contributed by atoms with Crippen LogP contribution in [0.15, 0.2) is 41.2 Å². The highest BCUT2D eigenvalue weighted by atomic mass is 35.5. The molecule has 0 atom stereocenters. The molecule has 0 spiro atoms. The van der Waals surface area contributed by atoms with E-state index < -0.39 is 0 Å². The van der Waals surface area contributed by atoms with Gasteiger partial charge in [-0.05, 0) is 24.3 Å². The Hall–Kier alpha value is -1.94. The summed E-state index contributed by atoms with van der Waals surface area (Å²) in [5.41, 5.74) is 1.05. The minimum atomic E-state index is -0.250. The van der Waals surface area contributed by atoms with Crippen LogP contribution < -0.4 is 10.1 Å². The first-order valence-corrected chi connectivity index (χ1v) is 5.25. The van der Waals surface area contributed by atoms with Crippen LogP contribution in [0, 0.1) is 0 Å². The normalized spacial score (nSPS) is 10.0. The zero-order valence-electron chi connectivity index (χ0n) is 9.07. The number of nitrogens with one attached hydrogen (secondary N) is 1. The van der Waals surface area contributed by atoms with Crippen molar-refractivity contribution >= 4 is 23.2 Å². The van der Waals surface area contributed by atoms with Crippen molar-refractivity contribution < 1.29 is 13.9 Å². The van der Waals surface area contributed by atoms with Gasteiger partial charge in [-0.2, -0.15) is 0 Å².